The second kappa shape index (κ2) is 5.40. The van der Waals surface area contributed by atoms with Gasteiger partial charge in [-0.3, -0.25) is 4.79 Å². The number of ketones is 1. The van der Waals surface area contributed by atoms with E-state index in [1.54, 1.807) is 0 Å². The van der Waals surface area contributed by atoms with Crippen molar-refractivity contribution in [3.05, 3.63) is 71.3 Å². The van der Waals surface area contributed by atoms with Gasteiger partial charge in [-0.1, -0.05) is 43.2 Å². The van der Waals surface area contributed by atoms with Gasteiger partial charge in [0.25, 0.3) is 0 Å². The van der Waals surface area contributed by atoms with Crippen molar-refractivity contribution >= 4 is 5.78 Å². The van der Waals surface area contributed by atoms with Crippen LogP contribution in [0.15, 0.2) is 48.5 Å². The third kappa shape index (κ3) is 2.37. The number of hydrogen-bond donors (Lipinski definition) is 0. The molecule has 0 radical (unpaired) electrons. The molecule has 0 aromatic heterocycles. The number of rotatable bonds is 3. The molecule has 0 spiro atoms. The molecule has 0 N–H and O–H groups in total. The molecule has 0 unspecified atom stereocenters. The van der Waals surface area contributed by atoms with Crippen molar-refractivity contribution in [2.45, 2.75) is 31.1 Å². The van der Waals surface area contributed by atoms with Gasteiger partial charge in [-0.2, -0.15) is 0 Å². The Kier molecular flexibility index (Phi) is 3.58. The van der Waals surface area contributed by atoms with E-state index in [-0.39, 0.29) is 11.3 Å². The molecule has 3 heteroatoms. The fourth-order valence-electron chi connectivity index (χ4n) is 3.30. The molecule has 0 bridgehead atoms. The van der Waals surface area contributed by atoms with E-state index in [9.17, 15) is 13.6 Å². The molecule has 0 heterocycles. The zero-order chi connectivity index (χ0) is 14.9. The molecular weight excluding hydrogens is 270 g/mol. The highest BCUT2D eigenvalue weighted by atomic mass is 19.2. The molecule has 0 aliphatic heterocycles. The van der Waals surface area contributed by atoms with Crippen molar-refractivity contribution in [3.8, 4) is 0 Å². The predicted molar refractivity (Wildman–Crippen MR) is 77.3 cm³/mol. The SMILES string of the molecule is O=C(c1ccc(F)c(F)c1)C1(c2ccccc2)CCCC1. The topological polar surface area (TPSA) is 17.1 Å². The minimum atomic E-state index is -0.970. The zero-order valence-corrected chi connectivity index (χ0v) is 11.6. The first-order chi connectivity index (χ1) is 10.1. The first kappa shape index (κ1) is 13.9. The summed E-state index contributed by atoms with van der Waals surface area (Å²) >= 11 is 0. The maximum absolute atomic E-state index is 13.4. The van der Waals surface area contributed by atoms with Gasteiger partial charge in [0.2, 0.25) is 0 Å². The Morgan fingerprint density at radius 1 is 0.905 bits per heavy atom. The Bertz CT molecular complexity index is 658. The van der Waals surface area contributed by atoms with E-state index in [4.69, 9.17) is 0 Å². The van der Waals surface area contributed by atoms with Crippen LogP contribution in [0.25, 0.3) is 0 Å². The second-order valence-corrected chi connectivity index (χ2v) is 5.61. The van der Waals surface area contributed by atoms with E-state index in [0.29, 0.717) is 0 Å². The quantitative estimate of drug-likeness (QED) is 0.750. The van der Waals surface area contributed by atoms with Crippen molar-refractivity contribution in [1.29, 1.82) is 0 Å². The monoisotopic (exact) mass is 286 g/mol. The molecule has 21 heavy (non-hydrogen) atoms. The van der Waals surface area contributed by atoms with E-state index in [1.807, 2.05) is 30.3 Å². The summed E-state index contributed by atoms with van der Waals surface area (Å²) < 4.78 is 26.5. The number of halogens is 2. The molecule has 0 saturated heterocycles. The molecule has 1 aliphatic rings. The first-order valence-corrected chi connectivity index (χ1v) is 7.19. The van der Waals surface area contributed by atoms with Crippen LogP contribution in [0, 0.1) is 11.6 Å². The molecule has 2 aromatic rings. The van der Waals surface area contributed by atoms with Crippen LogP contribution >= 0.6 is 0 Å². The standard InChI is InChI=1S/C18H16F2O/c19-15-9-8-13(12-16(15)20)17(21)18(10-4-5-11-18)14-6-2-1-3-7-14/h1-3,6-9,12H,4-5,10-11H2. The largest absolute Gasteiger partial charge is 0.293 e. The van der Waals surface area contributed by atoms with Crippen LogP contribution in [0.3, 0.4) is 0 Å². The zero-order valence-electron chi connectivity index (χ0n) is 11.6. The molecule has 1 nitrogen and oxygen atoms in total. The number of carbonyl (C=O) groups excluding carboxylic acids is 1. The molecule has 108 valence electrons. The molecule has 1 saturated carbocycles. The van der Waals surface area contributed by atoms with Crippen molar-refractivity contribution in [1.82, 2.24) is 0 Å². The Balaban J connectivity index is 2.05. The maximum atomic E-state index is 13.4. The van der Waals surface area contributed by atoms with Gasteiger partial charge < -0.3 is 0 Å². The molecule has 1 aliphatic carbocycles. The second-order valence-electron chi connectivity index (χ2n) is 5.61. The van der Waals surface area contributed by atoms with E-state index in [1.165, 1.54) is 6.07 Å². The normalized spacial score (nSPS) is 16.9. The highest BCUT2D eigenvalue weighted by Crippen LogP contribution is 2.43. The lowest BCUT2D eigenvalue weighted by atomic mass is 9.73. The van der Waals surface area contributed by atoms with E-state index in [2.05, 4.69) is 0 Å². The van der Waals surface area contributed by atoms with Gasteiger partial charge in [-0.25, -0.2) is 8.78 Å². The van der Waals surface area contributed by atoms with Crippen molar-refractivity contribution < 1.29 is 13.6 Å². The number of benzene rings is 2. The van der Waals surface area contributed by atoms with Gasteiger partial charge >= 0.3 is 0 Å². The van der Waals surface area contributed by atoms with Gasteiger partial charge in [0, 0.05) is 5.56 Å². The summed E-state index contributed by atoms with van der Waals surface area (Å²) in [7, 11) is 0. The summed E-state index contributed by atoms with van der Waals surface area (Å²) in [5.74, 6) is -2.00. The van der Waals surface area contributed by atoms with Crippen molar-refractivity contribution in [2.75, 3.05) is 0 Å². The lowest BCUT2D eigenvalue weighted by Crippen LogP contribution is -2.33. The summed E-state index contributed by atoms with van der Waals surface area (Å²) in [6.45, 7) is 0. The number of Topliss-reactive ketones (excluding diaryl/α,β-unsaturated/α-hetero) is 1. The lowest BCUT2D eigenvalue weighted by Gasteiger charge is -2.28. The van der Waals surface area contributed by atoms with Crippen LogP contribution in [0.4, 0.5) is 8.78 Å². The Morgan fingerprint density at radius 3 is 2.19 bits per heavy atom. The summed E-state index contributed by atoms with van der Waals surface area (Å²) in [5, 5.41) is 0. The average Bonchev–Trinajstić information content (AvgIpc) is 3.01. The van der Waals surface area contributed by atoms with E-state index >= 15 is 0 Å². The van der Waals surface area contributed by atoms with Gasteiger partial charge in [0.15, 0.2) is 17.4 Å². The smallest absolute Gasteiger partial charge is 0.173 e. The van der Waals surface area contributed by atoms with E-state index < -0.39 is 17.0 Å². The van der Waals surface area contributed by atoms with Gasteiger partial charge in [-0.15, -0.1) is 0 Å². The molecule has 3 rings (SSSR count). The highest BCUT2D eigenvalue weighted by molar-refractivity contribution is 6.04. The van der Waals surface area contributed by atoms with Crippen LogP contribution in [-0.2, 0) is 5.41 Å². The van der Waals surface area contributed by atoms with Crippen LogP contribution in [0.1, 0.15) is 41.6 Å². The van der Waals surface area contributed by atoms with Gasteiger partial charge in [-0.05, 0) is 36.6 Å². The maximum Gasteiger partial charge on any atom is 0.173 e. The fourth-order valence-corrected chi connectivity index (χ4v) is 3.30. The predicted octanol–water partition coefficient (Wildman–Crippen LogP) is 4.66. The van der Waals surface area contributed by atoms with Crippen LogP contribution in [0.2, 0.25) is 0 Å². The number of hydrogen-bond acceptors (Lipinski definition) is 1. The van der Waals surface area contributed by atoms with Crippen molar-refractivity contribution in [2.24, 2.45) is 0 Å². The minimum Gasteiger partial charge on any atom is -0.293 e. The summed E-state index contributed by atoms with van der Waals surface area (Å²) in [4.78, 5) is 12.9. The highest BCUT2D eigenvalue weighted by Gasteiger charge is 2.42. The Hall–Kier alpha value is -2.03. The summed E-state index contributed by atoms with van der Waals surface area (Å²) in [6.07, 6.45) is 3.47. The Labute approximate surface area is 122 Å². The molecule has 0 atom stereocenters. The van der Waals surface area contributed by atoms with Gasteiger partial charge in [0.1, 0.15) is 0 Å². The third-order valence-corrected chi connectivity index (χ3v) is 4.40. The van der Waals surface area contributed by atoms with Crippen LogP contribution in [0.5, 0.6) is 0 Å². The average molecular weight is 286 g/mol. The fraction of sp³-hybridized carbons (Fsp3) is 0.278. The van der Waals surface area contributed by atoms with Crippen molar-refractivity contribution in [3.63, 3.8) is 0 Å². The molecular formula is C18H16F2O. The summed E-state index contributed by atoms with van der Waals surface area (Å²) in [6, 6.07) is 13.0. The number of carbonyl (C=O) groups is 1. The molecule has 0 amide bonds. The third-order valence-electron chi connectivity index (χ3n) is 4.40. The van der Waals surface area contributed by atoms with E-state index in [0.717, 1.165) is 43.4 Å². The van der Waals surface area contributed by atoms with Crippen LogP contribution in [-0.4, -0.2) is 5.78 Å². The Morgan fingerprint density at radius 2 is 1.57 bits per heavy atom. The molecule has 1 fully saturated rings. The molecule has 2 aromatic carbocycles. The summed E-state index contributed by atoms with van der Waals surface area (Å²) in [5.41, 5.74) is 0.628. The minimum absolute atomic E-state index is 0.106. The first-order valence-electron chi connectivity index (χ1n) is 7.19. The lowest BCUT2D eigenvalue weighted by molar-refractivity contribution is 0.0885. The van der Waals surface area contributed by atoms with Gasteiger partial charge in [0.05, 0.1) is 5.41 Å². The van der Waals surface area contributed by atoms with Crippen LogP contribution < -0.4 is 0 Å².